The molecule has 13 N–H and O–H groups in total. The average molecular weight is 1520 g/mol. The summed E-state index contributed by atoms with van der Waals surface area (Å²) in [5.41, 5.74) is -0.797. The van der Waals surface area contributed by atoms with Gasteiger partial charge in [0.05, 0.1) is 144 Å². The minimum atomic E-state index is -1.64. The molecule has 0 fully saturated rings. The Morgan fingerprint density at radius 1 is 0.433 bits per heavy atom. The molecule has 0 aliphatic heterocycles. The standard InChI is InChI=1S/C33H40I6N6O15/c34-22-18(30(57)40-13(3-46)4-47)24(36)28(25(37)19(22)31(58)41-14(5-48)6-49)44(11-54)1-17(56)2-45(12-55)29-26(38)20(32(59)42-15(7-50)8-51)23(35)21(27(29)39)33(60)43-16(9-52)10-53/h11-17,46-53,56H,1-10H2,(H,40,57)(H,41,58)(H,42,59)(H,43,60). The van der Waals surface area contributed by atoms with E-state index in [1.54, 1.807) is 136 Å². The van der Waals surface area contributed by atoms with Crippen molar-refractivity contribution < 1.29 is 74.7 Å². The molecule has 334 valence electrons. The molecule has 0 unspecified atom stereocenters. The molecule has 2 rings (SSSR count). The minimum absolute atomic E-state index is 0.0547. The topological polar surface area (TPSA) is 339 Å². The number of nitrogens with one attached hydrogen (secondary N) is 4. The van der Waals surface area contributed by atoms with Crippen LogP contribution in [0.3, 0.4) is 0 Å². The second-order valence-electron chi connectivity index (χ2n) is 12.4. The third-order valence-corrected chi connectivity index (χ3v) is 14.6. The quantitative estimate of drug-likeness (QED) is 0.0386. The monoisotopic (exact) mass is 1520 g/mol. The molecular formula is C33H40I6N6O15. The van der Waals surface area contributed by atoms with Crippen LogP contribution in [0.25, 0.3) is 0 Å². The van der Waals surface area contributed by atoms with Gasteiger partial charge in [-0.1, -0.05) is 0 Å². The summed E-state index contributed by atoms with van der Waals surface area (Å²) in [6, 6.07) is -4.45. The van der Waals surface area contributed by atoms with E-state index in [-0.39, 0.29) is 55.0 Å². The van der Waals surface area contributed by atoms with Crippen molar-refractivity contribution in [2.75, 3.05) is 75.7 Å². The maximum Gasteiger partial charge on any atom is 0.253 e. The van der Waals surface area contributed by atoms with Gasteiger partial charge in [-0.25, -0.2) is 0 Å². The van der Waals surface area contributed by atoms with Crippen LogP contribution < -0.4 is 31.1 Å². The Kier molecular flexibility index (Phi) is 24.9. The zero-order valence-electron chi connectivity index (χ0n) is 30.7. The highest BCUT2D eigenvalue weighted by Gasteiger charge is 2.35. The zero-order chi connectivity index (χ0) is 45.6. The molecule has 0 spiro atoms. The molecule has 21 nitrogen and oxygen atoms in total. The highest BCUT2D eigenvalue weighted by Crippen LogP contribution is 2.40. The van der Waals surface area contributed by atoms with E-state index in [1.165, 1.54) is 0 Å². The Hall–Kier alpha value is -0.720. The highest BCUT2D eigenvalue weighted by molar-refractivity contribution is 14.1. The number of benzene rings is 2. The van der Waals surface area contributed by atoms with Gasteiger partial charge in [-0.05, 0) is 136 Å². The third kappa shape index (κ3) is 13.7. The van der Waals surface area contributed by atoms with Gasteiger partial charge in [0.2, 0.25) is 12.8 Å². The SMILES string of the molecule is O=CN(CC(O)CN(C=O)c1c(I)c(C(=O)NC(CO)CO)c(I)c(C(=O)NC(CO)CO)c1I)c1c(I)c(C(=O)NC(CO)CO)c(I)c(C(=O)NC(CO)CO)c1I. The lowest BCUT2D eigenvalue weighted by Crippen LogP contribution is -2.44. The van der Waals surface area contributed by atoms with Gasteiger partial charge < -0.3 is 77.0 Å². The molecule has 0 heterocycles. The lowest BCUT2D eigenvalue weighted by atomic mass is 10.1. The number of amides is 6. The first-order chi connectivity index (χ1) is 28.4. The largest absolute Gasteiger partial charge is 0.394 e. The van der Waals surface area contributed by atoms with E-state index in [4.69, 9.17) is 0 Å². The Bertz CT molecular complexity index is 1650. The first-order valence-corrected chi connectivity index (χ1v) is 23.5. The summed E-state index contributed by atoms with van der Waals surface area (Å²) in [5, 5.41) is 98.2. The average Bonchev–Trinajstić information content (AvgIpc) is 3.21. The van der Waals surface area contributed by atoms with E-state index in [2.05, 4.69) is 21.3 Å². The molecule has 27 heteroatoms. The van der Waals surface area contributed by atoms with Gasteiger partial charge in [0.25, 0.3) is 23.6 Å². The molecule has 0 saturated heterocycles. The summed E-state index contributed by atoms with van der Waals surface area (Å²) in [7, 11) is 0. The van der Waals surface area contributed by atoms with Crippen LogP contribution in [-0.4, -0.2) is 179 Å². The second kappa shape index (κ2) is 26.9. The van der Waals surface area contributed by atoms with Crippen molar-refractivity contribution in [3.63, 3.8) is 0 Å². The number of hydrogen-bond donors (Lipinski definition) is 13. The second-order valence-corrected chi connectivity index (χ2v) is 18.9. The number of halogens is 6. The van der Waals surface area contributed by atoms with Crippen LogP contribution in [0, 0.1) is 21.4 Å². The smallest absolute Gasteiger partial charge is 0.253 e. The fourth-order valence-corrected chi connectivity index (χ4v) is 14.6. The molecule has 0 saturated carbocycles. The summed E-state index contributed by atoms with van der Waals surface area (Å²) >= 11 is 10.4. The Morgan fingerprint density at radius 3 is 0.800 bits per heavy atom. The number of carbonyl (C=O) groups is 6. The van der Waals surface area contributed by atoms with E-state index < -0.39 is 120 Å². The van der Waals surface area contributed by atoms with E-state index in [0.29, 0.717) is 12.8 Å². The zero-order valence-corrected chi connectivity index (χ0v) is 43.7. The Labute approximate surface area is 424 Å². The van der Waals surface area contributed by atoms with Gasteiger partial charge in [-0.2, -0.15) is 0 Å². The molecule has 2 aromatic rings. The fourth-order valence-electron chi connectivity index (χ4n) is 5.12. The molecule has 0 aliphatic rings. The summed E-state index contributed by atoms with van der Waals surface area (Å²) in [6.07, 6.45) is -1.05. The summed E-state index contributed by atoms with van der Waals surface area (Å²) in [4.78, 5) is 82.1. The third-order valence-electron chi connectivity index (χ3n) is 8.24. The van der Waals surface area contributed by atoms with Crippen LogP contribution in [0.2, 0.25) is 0 Å². The van der Waals surface area contributed by atoms with E-state index in [1.807, 2.05) is 0 Å². The van der Waals surface area contributed by atoms with Crippen molar-refractivity contribution in [1.29, 1.82) is 0 Å². The predicted molar refractivity (Wildman–Crippen MR) is 264 cm³/mol. The van der Waals surface area contributed by atoms with Crippen molar-refractivity contribution in [3.8, 4) is 0 Å². The Morgan fingerprint density at radius 2 is 0.633 bits per heavy atom. The van der Waals surface area contributed by atoms with E-state index >= 15 is 0 Å². The summed E-state index contributed by atoms with van der Waals surface area (Å²) in [5.74, 6) is -3.45. The van der Waals surface area contributed by atoms with Crippen LogP contribution in [-0.2, 0) is 9.59 Å². The van der Waals surface area contributed by atoms with E-state index in [9.17, 15) is 74.7 Å². The lowest BCUT2D eigenvalue weighted by molar-refractivity contribution is -0.108. The summed E-state index contributed by atoms with van der Waals surface area (Å²) in [6.45, 7) is -6.40. The molecular weight excluding hydrogens is 1480 g/mol. The van der Waals surface area contributed by atoms with Gasteiger partial charge in [0.1, 0.15) is 0 Å². The molecule has 0 atom stereocenters. The minimum Gasteiger partial charge on any atom is -0.394 e. The normalized spacial score (nSPS) is 11.4. The van der Waals surface area contributed by atoms with Gasteiger partial charge in [-0.15, -0.1) is 0 Å². The van der Waals surface area contributed by atoms with Crippen molar-refractivity contribution in [3.05, 3.63) is 43.7 Å². The van der Waals surface area contributed by atoms with Crippen LogP contribution in [0.5, 0.6) is 0 Å². The molecule has 0 radical (unpaired) electrons. The number of carbonyl (C=O) groups excluding carboxylic acids is 6. The fraction of sp³-hybridized carbons (Fsp3) is 0.455. The maximum absolute atomic E-state index is 13.6. The van der Waals surface area contributed by atoms with Crippen LogP contribution in [0.4, 0.5) is 11.4 Å². The molecule has 6 amide bonds. The Balaban J connectivity index is 2.81. The number of nitrogens with zero attached hydrogens (tertiary/aromatic N) is 2. The molecule has 0 aromatic heterocycles. The number of aliphatic hydroxyl groups excluding tert-OH is 9. The summed E-state index contributed by atoms with van der Waals surface area (Å²) < 4.78 is 0.438. The first-order valence-electron chi connectivity index (χ1n) is 17.0. The van der Waals surface area contributed by atoms with Crippen molar-refractivity contribution in [1.82, 2.24) is 21.3 Å². The van der Waals surface area contributed by atoms with E-state index in [0.717, 1.165) is 9.80 Å². The molecule has 2 aromatic carbocycles. The predicted octanol–water partition coefficient (Wildman–Crippen LogP) is -2.37. The number of rotatable bonds is 24. The molecule has 60 heavy (non-hydrogen) atoms. The maximum atomic E-state index is 13.6. The molecule has 0 aliphatic carbocycles. The first kappa shape index (κ1) is 55.4. The van der Waals surface area contributed by atoms with Gasteiger partial charge in [0, 0.05) is 7.14 Å². The number of hydrogen-bond acceptors (Lipinski definition) is 15. The van der Waals surface area contributed by atoms with Crippen LogP contribution in [0.15, 0.2) is 0 Å². The van der Waals surface area contributed by atoms with Gasteiger partial charge in [0.15, 0.2) is 0 Å². The van der Waals surface area contributed by atoms with Crippen LogP contribution >= 0.6 is 136 Å². The number of aliphatic hydroxyl groups is 9. The van der Waals surface area contributed by atoms with Crippen molar-refractivity contribution >= 4 is 183 Å². The van der Waals surface area contributed by atoms with Gasteiger partial charge in [-0.3, -0.25) is 28.8 Å². The van der Waals surface area contributed by atoms with Crippen molar-refractivity contribution in [2.24, 2.45) is 0 Å². The lowest BCUT2D eigenvalue weighted by Gasteiger charge is -2.30. The van der Waals surface area contributed by atoms with Crippen molar-refractivity contribution in [2.45, 2.75) is 30.3 Å². The highest BCUT2D eigenvalue weighted by atomic mass is 127. The molecule has 0 bridgehead atoms. The number of anilines is 2. The van der Waals surface area contributed by atoms with Crippen LogP contribution in [0.1, 0.15) is 41.4 Å². The van der Waals surface area contributed by atoms with Gasteiger partial charge >= 0.3 is 0 Å².